The SMILES string of the molecule is Nc1cc(I)c(I)c(-c2c(Cl)c3c4c(nc(OC[C@@]56CCCN5C[C@H](F)C6)nc4c2F)N(CC(F)F)CCO3)n1. The van der Waals surface area contributed by atoms with Crippen molar-refractivity contribution in [3.63, 3.8) is 0 Å². The number of nitrogen functional groups attached to an aromatic ring is 1. The van der Waals surface area contributed by atoms with Gasteiger partial charge in [-0.1, -0.05) is 11.6 Å². The number of nitrogens with zero attached hydrogens (tertiary/aromatic N) is 5. The number of nitrogens with two attached hydrogens (primary N) is 1. The van der Waals surface area contributed by atoms with E-state index in [1.807, 2.05) is 22.6 Å². The van der Waals surface area contributed by atoms with Gasteiger partial charge in [-0.05, 0) is 70.6 Å². The molecule has 0 unspecified atom stereocenters. The second-order valence-electron chi connectivity index (χ2n) is 10.1. The van der Waals surface area contributed by atoms with Crippen molar-refractivity contribution < 1.29 is 27.0 Å². The molecule has 2 N–H and O–H groups in total. The lowest BCUT2D eigenvalue weighted by molar-refractivity contribution is 0.107. The first-order chi connectivity index (χ1) is 19.1. The van der Waals surface area contributed by atoms with Gasteiger partial charge in [0.15, 0.2) is 11.6 Å². The van der Waals surface area contributed by atoms with E-state index in [1.54, 1.807) is 6.07 Å². The normalized spacial score (nSPS) is 22.6. The van der Waals surface area contributed by atoms with Gasteiger partial charge in [-0.2, -0.15) is 9.97 Å². The topological polar surface area (TPSA) is 89.6 Å². The number of hydrogen-bond acceptors (Lipinski definition) is 8. The highest BCUT2D eigenvalue weighted by molar-refractivity contribution is 14.1. The van der Waals surface area contributed by atoms with Crippen molar-refractivity contribution in [3.8, 4) is 23.0 Å². The van der Waals surface area contributed by atoms with Crippen LogP contribution >= 0.6 is 56.8 Å². The van der Waals surface area contributed by atoms with Gasteiger partial charge in [0.1, 0.15) is 36.5 Å². The second-order valence-corrected chi connectivity index (χ2v) is 12.7. The average Bonchev–Trinajstić information content (AvgIpc) is 3.35. The molecule has 5 heterocycles. The predicted octanol–water partition coefficient (Wildman–Crippen LogP) is 5.69. The number of anilines is 2. The van der Waals surface area contributed by atoms with Crippen LogP contribution in [-0.4, -0.2) is 77.4 Å². The molecule has 214 valence electrons. The summed E-state index contributed by atoms with van der Waals surface area (Å²) in [5.74, 6) is -0.573. The fourth-order valence-electron chi connectivity index (χ4n) is 5.91. The summed E-state index contributed by atoms with van der Waals surface area (Å²) in [6.07, 6.45) is -1.69. The zero-order valence-electron chi connectivity index (χ0n) is 20.9. The Kier molecular flexibility index (Phi) is 7.74. The van der Waals surface area contributed by atoms with Gasteiger partial charge in [0, 0.05) is 16.5 Å². The lowest BCUT2D eigenvalue weighted by atomic mass is 9.95. The van der Waals surface area contributed by atoms with Gasteiger partial charge in [0.2, 0.25) is 0 Å². The Morgan fingerprint density at radius 1 is 1.25 bits per heavy atom. The first kappa shape index (κ1) is 28.5. The molecule has 2 saturated heterocycles. The van der Waals surface area contributed by atoms with E-state index in [2.05, 4.69) is 42.4 Å². The smallest absolute Gasteiger partial charge is 0.319 e. The van der Waals surface area contributed by atoms with E-state index in [0.717, 1.165) is 23.0 Å². The highest BCUT2D eigenvalue weighted by atomic mass is 127. The Morgan fingerprint density at radius 2 is 2.05 bits per heavy atom. The fraction of sp³-hybridized carbons (Fsp3) is 0.480. The van der Waals surface area contributed by atoms with Crippen LogP contribution in [0.3, 0.4) is 0 Å². The monoisotopic (exact) mass is 804 g/mol. The van der Waals surface area contributed by atoms with Gasteiger partial charge >= 0.3 is 6.01 Å². The summed E-state index contributed by atoms with van der Waals surface area (Å²) in [6, 6.07) is 1.45. The lowest BCUT2D eigenvalue weighted by Gasteiger charge is -2.31. The molecule has 1 aromatic carbocycles. The van der Waals surface area contributed by atoms with Gasteiger partial charge in [0.25, 0.3) is 6.43 Å². The van der Waals surface area contributed by atoms with Crippen molar-refractivity contribution in [1.29, 1.82) is 0 Å². The van der Waals surface area contributed by atoms with E-state index < -0.39 is 30.5 Å². The van der Waals surface area contributed by atoms with Gasteiger partial charge in [-0.15, -0.1) is 0 Å². The maximum absolute atomic E-state index is 16.5. The largest absolute Gasteiger partial charge is 0.489 e. The minimum Gasteiger partial charge on any atom is -0.489 e. The molecule has 0 saturated carbocycles. The zero-order valence-corrected chi connectivity index (χ0v) is 25.9. The molecular weight excluding hydrogens is 782 g/mol. The Morgan fingerprint density at radius 3 is 2.83 bits per heavy atom. The van der Waals surface area contributed by atoms with Crippen LogP contribution in [0.15, 0.2) is 6.07 Å². The third-order valence-corrected chi connectivity index (χ3v) is 10.9. The molecule has 2 fully saturated rings. The zero-order chi connectivity index (χ0) is 28.3. The van der Waals surface area contributed by atoms with Gasteiger partial charge in [0.05, 0.1) is 43.9 Å². The van der Waals surface area contributed by atoms with Crippen LogP contribution < -0.4 is 20.1 Å². The lowest BCUT2D eigenvalue weighted by Crippen LogP contribution is -2.43. The standard InChI is InChI=1S/C25H23ClF4I2N6O2/c26-17-15(21-19(32)12(31)6-14(33)34-21)18(30)20-16-22(17)39-5-4-37(9-13(28)29)23(16)36-24(35-20)40-10-25-2-1-3-38(25)8-11(27)7-25/h6,11,13H,1-5,7-10H2,(H2,33,34)/t11-,25+/m1/s1. The molecule has 0 aliphatic carbocycles. The van der Waals surface area contributed by atoms with Gasteiger partial charge in [-0.25, -0.2) is 22.5 Å². The fourth-order valence-corrected chi connectivity index (χ4v) is 7.35. The average molecular weight is 805 g/mol. The number of ether oxygens (including phenoxy) is 2. The summed E-state index contributed by atoms with van der Waals surface area (Å²) in [6.45, 7) is 0.558. The molecular formula is C25H23ClF4I2N6O2. The van der Waals surface area contributed by atoms with Crippen LogP contribution in [-0.2, 0) is 0 Å². The minimum atomic E-state index is -2.69. The summed E-state index contributed by atoms with van der Waals surface area (Å²) >= 11 is 10.8. The Hall–Kier alpha value is -1.66. The molecule has 6 rings (SSSR count). The van der Waals surface area contributed by atoms with Crippen molar-refractivity contribution in [1.82, 2.24) is 19.9 Å². The van der Waals surface area contributed by atoms with Gasteiger partial charge < -0.3 is 20.1 Å². The van der Waals surface area contributed by atoms with Crippen LogP contribution in [0.5, 0.6) is 11.8 Å². The number of fused-ring (bicyclic) bond motifs is 1. The third kappa shape index (κ3) is 4.89. The number of halogens is 7. The van der Waals surface area contributed by atoms with Crippen molar-refractivity contribution in [2.75, 3.05) is 50.0 Å². The van der Waals surface area contributed by atoms with Crippen LogP contribution in [0.25, 0.3) is 22.2 Å². The molecule has 0 radical (unpaired) electrons. The quantitative estimate of drug-likeness (QED) is 0.251. The van der Waals surface area contributed by atoms with Crippen molar-refractivity contribution >= 4 is 79.3 Å². The summed E-state index contributed by atoms with van der Waals surface area (Å²) in [5, 5.41) is -0.0228. The number of pyridine rings is 1. The molecule has 40 heavy (non-hydrogen) atoms. The minimum absolute atomic E-state index is 0.00585. The summed E-state index contributed by atoms with van der Waals surface area (Å²) in [7, 11) is 0. The molecule has 0 amide bonds. The second kappa shape index (κ2) is 10.9. The van der Waals surface area contributed by atoms with E-state index in [1.165, 1.54) is 4.90 Å². The van der Waals surface area contributed by atoms with Crippen LogP contribution in [0.1, 0.15) is 19.3 Å². The van der Waals surface area contributed by atoms with Crippen molar-refractivity contribution in [3.05, 3.63) is 24.0 Å². The molecule has 3 aliphatic rings. The van der Waals surface area contributed by atoms with E-state index in [9.17, 15) is 13.2 Å². The van der Waals surface area contributed by atoms with Crippen LogP contribution in [0, 0.1) is 13.0 Å². The Labute approximate surface area is 259 Å². The molecule has 2 atom stereocenters. The summed E-state index contributed by atoms with van der Waals surface area (Å²) in [5.41, 5.74) is 5.39. The number of alkyl halides is 3. The molecule has 0 bridgehead atoms. The van der Waals surface area contributed by atoms with E-state index in [4.69, 9.17) is 26.8 Å². The predicted molar refractivity (Wildman–Crippen MR) is 160 cm³/mol. The third-order valence-electron chi connectivity index (χ3n) is 7.61. The summed E-state index contributed by atoms with van der Waals surface area (Å²) < 4.78 is 71.3. The number of aromatic nitrogens is 3. The molecule has 3 aliphatic heterocycles. The molecule has 0 spiro atoms. The number of benzene rings is 1. The molecule has 3 aromatic rings. The Balaban J connectivity index is 1.53. The van der Waals surface area contributed by atoms with Gasteiger partial charge in [-0.3, -0.25) is 4.90 Å². The van der Waals surface area contributed by atoms with Crippen molar-refractivity contribution in [2.45, 2.75) is 37.4 Å². The van der Waals surface area contributed by atoms with E-state index in [-0.39, 0.29) is 70.3 Å². The summed E-state index contributed by atoms with van der Waals surface area (Å²) in [4.78, 5) is 16.6. The van der Waals surface area contributed by atoms with Crippen LogP contribution in [0.4, 0.5) is 29.2 Å². The Bertz CT molecular complexity index is 1500. The first-order valence-corrected chi connectivity index (χ1v) is 15.1. The van der Waals surface area contributed by atoms with E-state index in [0.29, 0.717) is 16.5 Å². The number of hydrogen-bond donors (Lipinski definition) is 1. The first-order valence-electron chi connectivity index (χ1n) is 12.6. The maximum Gasteiger partial charge on any atom is 0.319 e. The molecule has 8 nitrogen and oxygen atoms in total. The van der Waals surface area contributed by atoms with Crippen molar-refractivity contribution in [2.24, 2.45) is 0 Å². The highest BCUT2D eigenvalue weighted by Crippen LogP contribution is 2.48. The highest BCUT2D eigenvalue weighted by Gasteiger charge is 2.49. The van der Waals surface area contributed by atoms with E-state index >= 15 is 4.39 Å². The maximum atomic E-state index is 16.5. The van der Waals surface area contributed by atoms with Crippen LogP contribution in [0.2, 0.25) is 5.02 Å². The molecule has 15 heteroatoms. The number of rotatable bonds is 6. The molecule has 2 aromatic heterocycles.